The van der Waals surface area contributed by atoms with Crippen molar-refractivity contribution >= 4 is 26.6 Å². The second-order valence-electron chi connectivity index (χ2n) is 6.35. The van der Waals surface area contributed by atoms with Crippen LogP contribution in [0.2, 0.25) is 0 Å². The summed E-state index contributed by atoms with van der Waals surface area (Å²) in [5.74, 6) is 0.250. The monoisotopic (exact) mass is 453 g/mol. The van der Waals surface area contributed by atoms with Crippen molar-refractivity contribution in [3.63, 3.8) is 0 Å². The fourth-order valence-corrected chi connectivity index (χ4v) is 3.91. The van der Waals surface area contributed by atoms with Crippen LogP contribution in [0, 0.1) is 0 Å². The first kappa shape index (κ1) is 20.6. The average Bonchev–Trinajstić information content (AvgIpc) is 3.36. The van der Waals surface area contributed by atoms with E-state index in [0.29, 0.717) is 17.1 Å². The Hall–Kier alpha value is -3.68. The average molecular weight is 453 g/mol. The largest absolute Gasteiger partial charge is 0.494 e. The summed E-state index contributed by atoms with van der Waals surface area (Å²) in [5, 5.41) is 11.2. The Morgan fingerprint density at radius 1 is 1.13 bits per heavy atom. The van der Waals surface area contributed by atoms with E-state index < -0.39 is 21.9 Å². The number of aromatic nitrogens is 6. The van der Waals surface area contributed by atoms with E-state index in [1.54, 1.807) is 25.4 Å². The molecule has 0 saturated heterocycles. The second-order valence-corrected chi connectivity index (χ2v) is 8.03. The first-order valence-corrected chi connectivity index (χ1v) is 10.1. The Morgan fingerprint density at radius 2 is 1.90 bits per heavy atom. The molecule has 3 aromatic heterocycles. The van der Waals surface area contributed by atoms with Gasteiger partial charge in [-0.2, -0.15) is 18.3 Å². The zero-order valence-electron chi connectivity index (χ0n) is 16.0. The molecule has 0 unspecified atom stereocenters. The second kappa shape index (κ2) is 7.23. The molecule has 0 radical (unpaired) electrons. The number of anilines is 1. The smallest absolute Gasteiger partial charge is 0.436 e. The van der Waals surface area contributed by atoms with Crippen LogP contribution in [-0.2, 0) is 23.2 Å². The number of nitrogens with one attached hydrogen (secondary N) is 1. The Labute approximate surface area is 173 Å². The van der Waals surface area contributed by atoms with Gasteiger partial charge in [-0.05, 0) is 24.3 Å². The molecule has 0 aliphatic rings. The zero-order chi connectivity index (χ0) is 22.4. The van der Waals surface area contributed by atoms with Crippen LogP contribution in [0.3, 0.4) is 0 Å². The van der Waals surface area contributed by atoms with Gasteiger partial charge >= 0.3 is 6.18 Å². The van der Waals surface area contributed by atoms with E-state index >= 15 is 0 Å². The van der Waals surface area contributed by atoms with Crippen LogP contribution in [-0.4, -0.2) is 45.3 Å². The SMILES string of the molecule is COc1ccc2cnn(C)c2c1NS(=O)(=O)c1ccc(-n2cc(C(F)(F)F)nn2)nc1. The molecule has 1 N–H and O–H groups in total. The van der Waals surface area contributed by atoms with Gasteiger partial charge in [0.15, 0.2) is 11.5 Å². The van der Waals surface area contributed by atoms with Crippen LogP contribution in [0.25, 0.3) is 16.7 Å². The summed E-state index contributed by atoms with van der Waals surface area (Å²) in [6, 6.07) is 5.75. The van der Waals surface area contributed by atoms with E-state index in [1.807, 2.05) is 0 Å². The molecule has 162 valence electrons. The number of aryl methyl sites for hydroxylation is 1. The molecule has 0 bridgehead atoms. The van der Waals surface area contributed by atoms with Gasteiger partial charge < -0.3 is 4.74 Å². The lowest BCUT2D eigenvalue weighted by Crippen LogP contribution is -2.15. The number of hydrogen-bond acceptors (Lipinski definition) is 7. The third-order valence-corrected chi connectivity index (χ3v) is 5.71. The van der Waals surface area contributed by atoms with Gasteiger partial charge in [0.05, 0.1) is 25.0 Å². The third-order valence-electron chi connectivity index (χ3n) is 4.37. The molecular formula is C17H14F3N7O3S. The fraction of sp³-hybridized carbons (Fsp3) is 0.176. The topological polar surface area (TPSA) is 117 Å². The molecular weight excluding hydrogens is 439 g/mol. The number of sulfonamides is 1. The molecule has 0 atom stereocenters. The van der Waals surface area contributed by atoms with Gasteiger partial charge in [-0.1, -0.05) is 5.21 Å². The molecule has 0 saturated carbocycles. The standard InChI is InChI=1S/C17H14F3N7O3S/c1-26-16-10(7-22-26)3-5-12(30-2)15(16)24-31(28,29)11-4-6-14(21-8-11)27-9-13(23-25-27)17(18,19)20/h3-9,24H,1-2H3. The van der Waals surface area contributed by atoms with E-state index in [0.717, 1.165) is 10.9 Å². The van der Waals surface area contributed by atoms with Gasteiger partial charge in [-0.15, -0.1) is 5.10 Å². The quantitative estimate of drug-likeness (QED) is 0.493. The van der Waals surface area contributed by atoms with Crippen molar-refractivity contribution < 1.29 is 26.3 Å². The molecule has 3 heterocycles. The predicted octanol–water partition coefficient (Wildman–Crippen LogP) is 2.38. The minimum atomic E-state index is -4.66. The summed E-state index contributed by atoms with van der Waals surface area (Å²) in [5.41, 5.74) is -0.492. The van der Waals surface area contributed by atoms with E-state index in [-0.39, 0.29) is 22.2 Å². The van der Waals surface area contributed by atoms with Crippen molar-refractivity contribution in [3.05, 3.63) is 48.5 Å². The summed E-state index contributed by atoms with van der Waals surface area (Å²) in [6.45, 7) is 0. The van der Waals surface area contributed by atoms with Crippen LogP contribution in [0.5, 0.6) is 5.75 Å². The maximum absolute atomic E-state index is 12.9. The van der Waals surface area contributed by atoms with Crippen LogP contribution in [0.4, 0.5) is 18.9 Å². The summed E-state index contributed by atoms with van der Waals surface area (Å²) in [7, 11) is -1.05. The number of pyridine rings is 1. The maximum Gasteiger partial charge on any atom is 0.436 e. The number of methoxy groups -OCH3 is 1. The highest BCUT2D eigenvalue weighted by Crippen LogP contribution is 2.34. The zero-order valence-corrected chi connectivity index (χ0v) is 16.8. The lowest BCUT2D eigenvalue weighted by molar-refractivity contribution is -0.141. The number of ether oxygens (including phenoxy) is 1. The minimum absolute atomic E-state index is 0.0340. The summed E-state index contributed by atoms with van der Waals surface area (Å²) in [6.07, 6.45) is -1.42. The number of alkyl halides is 3. The minimum Gasteiger partial charge on any atom is -0.494 e. The molecule has 14 heteroatoms. The Kier molecular flexibility index (Phi) is 4.80. The highest BCUT2D eigenvalue weighted by Gasteiger charge is 2.34. The fourth-order valence-electron chi connectivity index (χ4n) is 2.88. The number of halogens is 3. The number of benzene rings is 1. The molecule has 0 amide bonds. The van der Waals surface area contributed by atoms with Gasteiger partial charge in [0, 0.05) is 18.6 Å². The summed E-state index contributed by atoms with van der Waals surface area (Å²) < 4.78 is 73.9. The van der Waals surface area contributed by atoms with E-state index in [2.05, 4.69) is 25.1 Å². The normalized spacial score (nSPS) is 12.3. The van der Waals surface area contributed by atoms with Gasteiger partial charge in [0.25, 0.3) is 10.0 Å². The highest BCUT2D eigenvalue weighted by atomic mass is 32.2. The number of nitrogens with zero attached hydrogens (tertiary/aromatic N) is 6. The molecule has 0 aliphatic heterocycles. The van der Waals surface area contributed by atoms with Gasteiger partial charge in [-0.25, -0.2) is 18.1 Å². The number of hydrogen-bond donors (Lipinski definition) is 1. The van der Waals surface area contributed by atoms with Crippen molar-refractivity contribution in [2.45, 2.75) is 11.1 Å². The summed E-state index contributed by atoms with van der Waals surface area (Å²) in [4.78, 5) is 3.68. The van der Waals surface area contributed by atoms with Crippen molar-refractivity contribution in [1.29, 1.82) is 0 Å². The Bertz CT molecular complexity index is 1360. The van der Waals surface area contributed by atoms with Crippen LogP contribution in [0.15, 0.2) is 47.8 Å². The molecule has 31 heavy (non-hydrogen) atoms. The van der Waals surface area contributed by atoms with Gasteiger partial charge in [-0.3, -0.25) is 9.40 Å². The van der Waals surface area contributed by atoms with E-state index in [1.165, 1.54) is 23.9 Å². The van der Waals surface area contributed by atoms with Gasteiger partial charge in [0.2, 0.25) is 0 Å². The van der Waals surface area contributed by atoms with Crippen molar-refractivity contribution in [2.24, 2.45) is 7.05 Å². The third kappa shape index (κ3) is 3.76. The first-order valence-electron chi connectivity index (χ1n) is 8.57. The molecule has 1 aromatic carbocycles. The first-order chi connectivity index (χ1) is 14.6. The highest BCUT2D eigenvalue weighted by molar-refractivity contribution is 7.92. The lowest BCUT2D eigenvalue weighted by atomic mass is 10.2. The van der Waals surface area contributed by atoms with E-state index in [4.69, 9.17) is 4.74 Å². The molecule has 10 nitrogen and oxygen atoms in total. The maximum atomic E-state index is 12.9. The molecule has 0 spiro atoms. The molecule has 0 aliphatic carbocycles. The lowest BCUT2D eigenvalue weighted by Gasteiger charge is -2.14. The Morgan fingerprint density at radius 3 is 2.52 bits per heavy atom. The van der Waals surface area contributed by atoms with Crippen LogP contribution < -0.4 is 9.46 Å². The Balaban J connectivity index is 1.67. The van der Waals surface area contributed by atoms with Crippen molar-refractivity contribution in [1.82, 2.24) is 29.8 Å². The molecule has 4 rings (SSSR count). The summed E-state index contributed by atoms with van der Waals surface area (Å²) >= 11 is 0. The van der Waals surface area contributed by atoms with Gasteiger partial charge in [0.1, 0.15) is 16.3 Å². The molecule has 0 fully saturated rings. The van der Waals surface area contributed by atoms with Crippen molar-refractivity contribution in [2.75, 3.05) is 11.8 Å². The molecule has 4 aromatic rings. The van der Waals surface area contributed by atoms with Crippen LogP contribution in [0.1, 0.15) is 5.69 Å². The number of rotatable bonds is 5. The van der Waals surface area contributed by atoms with Crippen molar-refractivity contribution in [3.8, 4) is 11.6 Å². The number of fused-ring (bicyclic) bond motifs is 1. The predicted molar refractivity (Wildman–Crippen MR) is 102 cm³/mol. The van der Waals surface area contributed by atoms with Crippen LogP contribution >= 0.6 is 0 Å². The van der Waals surface area contributed by atoms with E-state index in [9.17, 15) is 21.6 Å².